The summed E-state index contributed by atoms with van der Waals surface area (Å²) in [5.74, 6) is -0.853. The number of hydrogen-bond donors (Lipinski definition) is 2. The summed E-state index contributed by atoms with van der Waals surface area (Å²) in [5, 5.41) is 17.4. The van der Waals surface area contributed by atoms with E-state index in [0.717, 1.165) is 0 Å². The molecule has 2 rings (SSSR count). The minimum absolute atomic E-state index is 0.00519. The van der Waals surface area contributed by atoms with Crippen LogP contribution in [0.3, 0.4) is 0 Å². The third-order valence-electron chi connectivity index (χ3n) is 1.61. The number of fused-ring (bicyclic) bond motifs is 1. The van der Waals surface area contributed by atoms with E-state index in [1.54, 1.807) is 0 Å². The first-order valence-corrected chi connectivity index (χ1v) is 3.59. The molecule has 6 heteroatoms. The SMILES string of the molecule is OB(O)c1nc2c(F)cccc2o1. The molecular formula is C7H5BFNO3. The van der Waals surface area contributed by atoms with Crippen LogP contribution in [0.15, 0.2) is 22.6 Å². The number of halogens is 1. The average Bonchev–Trinajstić information content (AvgIpc) is 2.49. The Morgan fingerprint density at radius 1 is 1.38 bits per heavy atom. The van der Waals surface area contributed by atoms with Crippen LogP contribution in [0.2, 0.25) is 0 Å². The lowest BCUT2D eigenvalue weighted by molar-refractivity contribution is 0.409. The first-order valence-electron chi connectivity index (χ1n) is 3.59. The van der Waals surface area contributed by atoms with Crippen molar-refractivity contribution < 1.29 is 18.9 Å². The number of oxazole rings is 1. The quantitative estimate of drug-likeness (QED) is 0.589. The third kappa shape index (κ3) is 1.30. The van der Waals surface area contributed by atoms with Crippen molar-refractivity contribution >= 4 is 24.0 Å². The van der Waals surface area contributed by atoms with Crippen LogP contribution in [-0.4, -0.2) is 22.2 Å². The first-order chi connectivity index (χ1) is 6.18. The van der Waals surface area contributed by atoms with E-state index < -0.39 is 12.9 Å². The van der Waals surface area contributed by atoms with Gasteiger partial charge in [-0.1, -0.05) is 6.07 Å². The predicted molar refractivity (Wildman–Crippen MR) is 43.8 cm³/mol. The van der Waals surface area contributed by atoms with Gasteiger partial charge in [-0.25, -0.2) is 9.37 Å². The molecule has 0 saturated heterocycles. The molecule has 0 spiro atoms. The van der Waals surface area contributed by atoms with Crippen LogP contribution in [0, 0.1) is 5.82 Å². The van der Waals surface area contributed by atoms with Gasteiger partial charge in [-0.2, -0.15) is 0 Å². The number of rotatable bonds is 1. The summed E-state index contributed by atoms with van der Waals surface area (Å²) in [6.45, 7) is 0. The average molecular weight is 181 g/mol. The van der Waals surface area contributed by atoms with Crippen LogP contribution in [0.25, 0.3) is 11.1 Å². The molecule has 0 amide bonds. The molecule has 2 aromatic rings. The Balaban J connectivity index is 2.68. The molecule has 1 aromatic heterocycles. The van der Waals surface area contributed by atoms with Gasteiger partial charge in [-0.05, 0) is 12.1 Å². The van der Waals surface area contributed by atoms with E-state index in [1.165, 1.54) is 18.2 Å². The van der Waals surface area contributed by atoms with E-state index in [0.29, 0.717) is 0 Å². The maximum Gasteiger partial charge on any atom is 0.548 e. The van der Waals surface area contributed by atoms with Gasteiger partial charge in [0.05, 0.1) is 0 Å². The molecule has 0 radical (unpaired) electrons. The van der Waals surface area contributed by atoms with Crippen molar-refractivity contribution in [3.8, 4) is 0 Å². The van der Waals surface area contributed by atoms with Crippen LogP contribution in [0.1, 0.15) is 0 Å². The van der Waals surface area contributed by atoms with Gasteiger partial charge in [0, 0.05) is 0 Å². The predicted octanol–water partition coefficient (Wildman–Crippen LogP) is -0.353. The van der Waals surface area contributed by atoms with E-state index in [1.807, 2.05) is 0 Å². The van der Waals surface area contributed by atoms with Crippen LogP contribution in [-0.2, 0) is 0 Å². The fourth-order valence-corrected chi connectivity index (χ4v) is 1.04. The van der Waals surface area contributed by atoms with Gasteiger partial charge in [-0.15, -0.1) is 0 Å². The lowest BCUT2D eigenvalue weighted by atomic mass is 9.93. The summed E-state index contributed by atoms with van der Waals surface area (Å²) in [4.78, 5) is 3.57. The molecule has 13 heavy (non-hydrogen) atoms. The highest BCUT2D eigenvalue weighted by Crippen LogP contribution is 2.13. The van der Waals surface area contributed by atoms with Crippen molar-refractivity contribution in [1.82, 2.24) is 4.98 Å². The van der Waals surface area contributed by atoms with Crippen molar-refractivity contribution in [1.29, 1.82) is 0 Å². The van der Waals surface area contributed by atoms with Crippen LogP contribution >= 0.6 is 0 Å². The third-order valence-corrected chi connectivity index (χ3v) is 1.61. The minimum atomic E-state index is -1.81. The van der Waals surface area contributed by atoms with Crippen molar-refractivity contribution in [2.75, 3.05) is 0 Å². The topological polar surface area (TPSA) is 66.5 Å². The number of benzene rings is 1. The second-order valence-corrected chi connectivity index (χ2v) is 2.51. The molecule has 0 saturated carbocycles. The Morgan fingerprint density at radius 2 is 2.15 bits per heavy atom. The van der Waals surface area contributed by atoms with Gasteiger partial charge in [0.25, 0.3) is 0 Å². The molecule has 0 fully saturated rings. The molecule has 0 aliphatic rings. The fraction of sp³-hybridized carbons (Fsp3) is 0. The molecule has 0 aliphatic heterocycles. The maximum atomic E-state index is 13.0. The highest BCUT2D eigenvalue weighted by molar-refractivity contribution is 6.56. The Labute approximate surface area is 72.8 Å². The smallest absolute Gasteiger partial charge is 0.443 e. The molecule has 0 atom stereocenters. The molecule has 1 heterocycles. The molecule has 0 aliphatic carbocycles. The van der Waals surface area contributed by atoms with Crippen molar-refractivity contribution in [3.63, 3.8) is 0 Å². The van der Waals surface area contributed by atoms with Gasteiger partial charge in [-0.3, -0.25) is 0 Å². The number of aromatic nitrogens is 1. The first kappa shape index (κ1) is 8.21. The summed E-state index contributed by atoms with van der Waals surface area (Å²) in [5.41, 5.74) is 0.203. The van der Waals surface area contributed by atoms with Gasteiger partial charge < -0.3 is 14.5 Å². The van der Waals surface area contributed by atoms with Crippen molar-refractivity contribution in [2.24, 2.45) is 0 Å². The van der Waals surface area contributed by atoms with E-state index in [2.05, 4.69) is 4.98 Å². The summed E-state index contributed by atoms with van der Waals surface area (Å²) >= 11 is 0. The normalized spacial score (nSPS) is 10.7. The van der Waals surface area contributed by atoms with Crippen LogP contribution in [0.5, 0.6) is 0 Å². The minimum Gasteiger partial charge on any atom is -0.443 e. The zero-order valence-electron chi connectivity index (χ0n) is 6.44. The lowest BCUT2D eigenvalue weighted by Crippen LogP contribution is -2.30. The molecule has 0 bridgehead atoms. The Morgan fingerprint density at radius 3 is 2.77 bits per heavy atom. The summed E-state index contributed by atoms with van der Waals surface area (Å²) in [6.07, 6.45) is 0. The highest BCUT2D eigenvalue weighted by Gasteiger charge is 2.20. The van der Waals surface area contributed by atoms with Crippen LogP contribution < -0.4 is 5.79 Å². The fourth-order valence-electron chi connectivity index (χ4n) is 1.04. The van der Waals surface area contributed by atoms with Crippen LogP contribution in [0.4, 0.5) is 4.39 Å². The number of nitrogens with zero attached hydrogens (tertiary/aromatic N) is 1. The monoisotopic (exact) mass is 181 g/mol. The van der Waals surface area contributed by atoms with Gasteiger partial charge in [0.2, 0.25) is 5.79 Å². The van der Waals surface area contributed by atoms with E-state index in [-0.39, 0.29) is 16.9 Å². The highest BCUT2D eigenvalue weighted by atomic mass is 19.1. The van der Waals surface area contributed by atoms with Gasteiger partial charge in [0.15, 0.2) is 11.4 Å². The van der Waals surface area contributed by atoms with Crippen molar-refractivity contribution in [2.45, 2.75) is 0 Å². The molecule has 0 unspecified atom stereocenters. The molecule has 2 N–H and O–H groups in total. The summed E-state index contributed by atoms with van der Waals surface area (Å²) < 4.78 is 17.8. The molecule has 4 nitrogen and oxygen atoms in total. The van der Waals surface area contributed by atoms with Gasteiger partial charge >= 0.3 is 7.12 Å². The Hall–Kier alpha value is -1.40. The summed E-state index contributed by atoms with van der Waals surface area (Å²) in [6, 6.07) is 4.17. The number of para-hydroxylation sites is 1. The maximum absolute atomic E-state index is 13.0. The van der Waals surface area contributed by atoms with E-state index in [9.17, 15) is 4.39 Å². The lowest BCUT2D eigenvalue weighted by Gasteiger charge is -1.86. The molecule has 66 valence electrons. The molecular weight excluding hydrogens is 176 g/mol. The summed E-state index contributed by atoms with van der Waals surface area (Å²) in [7, 11) is -1.81. The number of hydrogen-bond acceptors (Lipinski definition) is 4. The zero-order chi connectivity index (χ0) is 9.42. The molecule has 1 aromatic carbocycles. The zero-order valence-corrected chi connectivity index (χ0v) is 6.44. The van der Waals surface area contributed by atoms with E-state index in [4.69, 9.17) is 14.5 Å². The van der Waals surface area contributed by atoms with Crippen molar-refractivity contribution in [3.05, 3.63) is 24.0 Å². The largest absolute Gasteiger partial charge is 0.548 e. The standard InChI is InChI=1S/C7H5BFNO3/c9-4-2-1-3-5-6(4)10-7(13-5)8(11)12/h1-3,11-12H. The second kappa shape index (κ2) is 2.83. The van der Waals surface area contributed by atoms with E-state index >= 15 is 0 Å². The second-order valence-electron chi connectivity index (χ2n) is 2.51. The Bertz CT molecular complexity index is 442. The van der Waals surface area contributed by atoms with Gasteiger partial charge in [0.1, 0.15) is 5.52 Å². The Kier molecular flexibility index (Phi) is 1.79.